The molecule has 0 unspecified atom stereocenters. The molecule has 0 N–H and O–H groups in total. The lowest BCUT2D eigenvalue weighted by Gasteiger charge is -2.37. The Bertz CT molecular complexity index is 818. The van der Waals surface area contributed by atoms with E-state index in [9.17, 15) is 10.1 Å². The van der Waals surface area contributed by atoms with Gasteiger partial charge in [0.2, 0.25) is 0 Å². The fourth-order valence-electron chi connectivity index (χ4n) is 4.40. The van der Waals surface area contributed by atoms with E-state index in [1.54, 1.807) is 6.07 Å². The molecule has 2 saturated heterocycles. The predicted molar refractivity (Wildman–Crippen MR) is 114 cm³/mol. The Hall–Kier alpha value is -2.70. The van der Waals surface area contributed by atoms with Gasteiger partial charge in [0.1, 0.15) is 11.5 Å². The van der Waals surface area contributed by atoms with Gasteiger partial charge < -0.3 is 19.3 Å². The van der Waals surface area contributed by atoms with E-state index in [0.717, 1.165) is 63.5 Å². The number of piperazine rings is 1. The minimum absolute atomic E-state index is 0.230. The number of nitrogens with zero attached hydrogens (tertiary/aromatic N) is 5. The molecule has 0 amide bonds. The minimum Gasteiger partial charge on any atom is -0.368 e. The van der Waals surface area contributed by atoms with Crippen molar-refractivity contribution in [3.05, 3.63) is 46.6 Å². The summed E-state index contributed by atoms with van der Waals surface area (Å²) in [5.74, 6) is 1.24. The highest BCUT2D eigenvalue weighted by atomic mass is 16.6. The van der Waals surface area contributed by atoms with Crippen molar-refractivity contribution >= 4 is 22.9 Å². The van der Waals surface area contributed by atoms with Crippen LogP contribution < -0.4 is 14.7 Å². The van der Waals surface area contributed by atoms with Gasteiger partial charge in [-0.3, -0.25) is 10.1 Å². The van der Waals surface area contributed by atoms with Gasteiger partial charge in [-0.1, -0.05) is 12.8 Å². The number of hydrogen-bond acceptors (Lipinski definition) is 5. The number of nitro benzene ring substituents is 1. The number of hydrogen-bond donors (Lipinski definition) is 0. The lowest BCUT2D eigenvalue weighted by atomic mass is 10.1. The number of aromatic nitrogens is 1. The lowest BCUT2D eigenvalue weighted by Crippen LogP contribution is -2.47. The molecule has 0 spiro atoms. The molecule has 0 radical (unpaired) electrons. The van der Waals surface area contributed by atoms with E-state index in [-0.39, 0.29) is 10.6 Å². The molecule has 7 heteroatoms. The Morgan fingerprint density at radius 3 is 2.14 bits per heavy atom. The van der Waals surface area contributed by atoms with Crippen molar-refractivity contribution in [3.8, 4) is 0 Å². The van der Waals surface area contributed by atoms with Crippen LogP contribution in [0.2, 0.25) is 0 Å². The smallest absolute Gasteiger partial charge is 0.292 e. The van der Waals surface area contributed by atoms with Gasteiger partial charge in [0.15, 0.2) is 0 Å². The lowest BCUT2D eigenvalue weighted by molar-refractivity contribution is -0.384. The summed E-state index contributed by atoms with van der Waals surface area (Å²) in [6.07, 6.45) is 6.72. The van der Waals surface area contributed by atoms with Gasteiger partial charge in [-0.25, -0.2) is 0 Å². The third kappa shape index (κ3) is 3.79. The molecule has 28 heavy (non-hydrogen) atoms. The van der Waals surface area contributed by atoms with Gasteiger partial charge in [-0.2, -0.15) is 0 Å². The van der Waals surface area contributed by atoms with Crippen molar-refractivity contribution in [1.82, 2.24) is 4.57 Å². The zero-order valence-corrected chi connectivity index (χ0v) is 16.6. The molecular weight excluding hydrogens is 354 g/mol. The van der Waals surface area contributed by atoms with Crippen molar-refractivity contribution in [2.45, 2.75) is 25.7 Å². The van der Waals surface area contributed by atoms with E-state index in [0.29, 0.717) is 0 Å². The van der Waals surface area contributed by atoms with Gasteiger partial charge in [-0.15, -0.1) is 0 Å². The highest BCUT2D eigenvalue weighted by molar-refractivity contribution is 5.70. The molecule has 4 rings (SSSR count). The van der Waals surface area contributed by atoms with Crippen LogP contribution in [0.4, 0.5) is 22.9 Å². The number of rotatable bonds is 4. The highest BCUT2D eigenvalue weighted by Crippen LogP contribution is 2.34. The first-order valence-electron chi connectivity index (χ1n) is 10.3. The molecule has 7 nitrogen and oxygen atoms in total. The topological polar surface area (TPSA) is 57.8 Å². The summed E-state index contributed by atoms with van der Waals surface area (Å²) in [4.78, 5) is 18.3. The average molecular weight is 383 g/mol. The fourth-order valence-corrected chi connectivity index (χ4v) is 4.40. The fraction of sp³-hybridized carbons (Fsp3) is 0.524. The monoisotopic (exact) mass is 383 g/mol. The van der Waals surface area contributed by atoms with E-state index in [1.807, 2.05) is 12.1 Å². The van der Waals surface area contributed by atoms with E-state index >= 15 is 0 Å². The van der Waals surface area contributed by atoms with E-state index in [2.05, 4.69) is 44.6 Å². The van der Waals surface area contributed by atoms with Crippen LogP contribution in [-0.4, -0.2) is 48.8 Å². The van der Waals surface area contributed by atoms with Crippen LogP contribution in [0.15, 0.2) is 36.5 Å². The molecule has 1 aromatic heterocycles. The molecular formula is C21H29N5O2. The molecule has 2 aromatic rings. The summed E-state index contributed by atoms with van der Waals surface area (Å²) < 4.78 is 2.15. The van der Waals surface area contributed by atoms with Crippen LogP contribution >= 0.6 is 0 Å². The first kappa shape index (κ1) is 18.7. The summed E-state index contributed by atoms with van der Waals surface area (Å²) in [6, 6.07) is 9.88. The normalized spacial score (nSPS) is 18.2. The van der Waals surface area contributed by atoms with Crippen molar-refractivity contribution < 1.29 is 4.92 Å². The predicted octanol–water partition coefficient (Wildman–Crippen LogP) is 3.64. The van der Waals surface area contributed by atoms with Gasteiger partial charge in [0.25, 0.3) is 5.69 Å². The summed E-state index contributed by atoms with van der Waals surface area (Å²) in [5.41, 5.74) is 2.11. The second kappa shape index (κ2) is 8.12. The SMILES string of the molecule is Cn1cccc1N1CCN(c2ccc([N+](=O)[O-])c(N3CCCCCC3)c2)CC1. The van der Waals surface area contributed by atoms with Crippen molar-refractivity contribution in [3.63, 3.8) is 0 Å². The van der Waals surface area contributed by atoms with Crippen LogP contribution in [0.25, 0.3) is 0 Å². The second-order valence-corrected chi connectivity index (χ2v) is 7.78. The number of anilines is 3. The third-order valence-electron chi connectivity index (χ3n) is 5.99. The Labute approximate surface area is 166 Å². The van der Waals surface area contributed by atoms with E-state index in [4.69, 9.17) is 0 Å². The first-order chi connectivity index (χ1) is 13.6. The first-order valence-corrected chi connectivity index (χ1v) is 10.3. The van der Waals surface area contributed by atoms with Gasteiger partial charge in [0, 0.05) is 64.3 Å². The maximum atomic E-state index is 11.6. The number of benzene rings is 1. The van der Waals surface area contributed by atoms with Crippen LogP contribution in [0.5, 0.6) is 0 Å². The molecule has 0 bridgehead atoms. The zero-order valence-electron chi connectivity index (χ0n) is 16.6. The summed E-state index contributed by atoms with van der Waals surface area (Å²) in [7, 11) is 2.07. The van der Waals surface area contributed by atoms with Crippen molar-refractivity contribution in [1.29, 1.82) is 0 Å². The summed E-state index contributed by atoms with van der Waals surface area (Å²) in [6.45, 7) is 5.56. The van der Waals surface area contributed by atoms with Crippen LogP contribution in [-0.2, 0) is 7.05 Å². The second-order valence-electron chi connectivity index (χ2n) is 7.78. The Balaban J connectivity index is 1.53. The Morgan fingerprint density at radius 1 is 0.857 bits per heavy atom. The van der Waals surface area contributed by atoms with Crippen molar-refractivity contribution in [2.24, 2.45) is 7.05 Å². The zero-order chi connectivity index (χ0) is 19.5. The molecule has 2 aliphatic rings. The maximum Gasteiger partial charge on any atom is 0.292 e. The largest absolute Gasteiger partial charge is 0.368 e. The van der Waals surface area contributed by atoms with Crippen molar-refractivity contribution in [2.75, 3.05) is 54.0 Å². The Morgan fingerprint density at radius 2 is 1.54 bits per heavy atom. The van der Waals surface area contributed by atoms with Crippen LogP contribution in [0.1, 0.15) is 25.7 Å². The number of aryl methyl sites for hydroxylation is 1. The van der Waals surface area contributed by atoms with Crippen LogP contribution in [0.3, 0.4) is 0 Å². The Kier molecular flexibility index (Phi) is 5.41. The van der Waals surface area contributed by atoms with Gasteiger partial charge in [-0.05, 0) is 37.1 Å². The van der Waals surface area contributed by atoms with E-state index in [1.165, 1.54) is 18.7 Å². The minimum atomic E-state index is -0.239. The standard InChI is InChI=1S/C21H29N5O2/c1-22-10-6-7-21(22)25-15-13-23(14-16-25)18-8-9-19(26(27)28)20(17-18)24-11-4-2-3-5-12-24/h6-10,17H,2-5,11-16H2,1H3. The molecule has 0 atom stereocenters. The quantitative estimate of drug-likeness (QED) is 0.596. The highest BCUT2D eigenvalue weighted by Gasteiger charge is 2.24. The van der Waals surface area contributed by atoms with Gasteiger partial charge >= 0.3 is 0 Å². The van der Waals surface area contributed by atoms with E-state index < -0.39 is 0 Å². The molecule has 1 aromatic carbocycles. The molecule has 0 aliphatic carbocycles. The molecule has 2 aliphatic heterocycles. The van der Waals surface area contributed by atoms with Crippen LogP contribution in [0, 0.1) is 10.1 Å². The molecule has 150 valence electrons. The maximum absolute atomic E-state index is 11.6. The average Bonchev–Trinajstić information content (AvgIpc) is 2.97. The molecule has 3 heterocycles. The summed E-state index contributed by atoms with van der Waals surface area (Å²) in [5, 5.41) is 11.6. The number of nitro groups is 1. The molecule has 0 saturated carbocycles. The third-order valence-corrected chi connectivity index (χ3v) is 5.99. The summed E-state index contributed by atoms with van der Waals surface area (Å²) >= 11 is 0. The molecule has 2 fully saturated rings. The van der Waals surface area contributed by atoms with Gasteiger partial charge in [0.05, 0.1) is 4.92 Å².